The van der Waals surface area contributed by atoms with Gasteiger partial charge in [-0.1, -0.05) is 27.7 Å². The summed E-state index contributed by atoms with van der Waals surface area (Å²) in [4.78, 5) is 11.6. The van der Waals surface area contributed by atoms with Crippen LogP contribution < -0.4 is 0 Å². The fraction of sp³-hybridized carbons (Fsp3) is 0.950. The molecule has 1 N–H and O–H groups in total. The van der Waals surface area contributed by atoms with E-state index in [0.29, 0.717) is 13.0 Å². The molecule has 0 aromatic rings. The van der Waals surface area contributed by atoms with Crippen molar-refractivity contribution in [3.63, 3.8) is 0 Å². The van der Waals surface area contributed by atoms with E-state index in [4.69, 9.17) is 23.4 Å². The summed E-state index contributed by atoms with van der Waals surface area (Å²) < 4.78 is 30.4. The van der Waals surface area contributed by atoms with E-state index in [2.05, 4.69) is 40.8 Å². The topological polar surface area (TPSA) is 86.8 Å². The maximum Gasteiger partial charge on any atom is 0.305 e. The zero-order chi connectivity index (χ0) is 20.8. The van der Waals surface area contributed by atoms with Crippen LogP contribution in [0.25, 0.3) is 0 Å². The monoisotopic (exact) mass is 414 g/mol. The Morgan fingerprint density at radius 1 is 1.29 bits per heavy atom. The van der Waals surface area contributed by atoms with Gasteiger partial charge in [0.05, 0.1) is 12.7 Å². The Kier molecular flexibility index (Phi) is 4.46. The molecule has 3 aliphatic heterocycles. The first kappa shape index (κ1) is 20.7. The minimum Gasteiger partial charge on any atom is -0.433 e. The molecule has 28 heavy (non-hydrogen) atoms. The van der Waals surface area contributed by atoms with Gasteiger partial charge in [0.1, 0.15) is 17.3 Å². The Bertz CT molecular complexity index is 670. The summed E-state index contributed by atoms with van der Waals surface area (Å²) in [6, 6.07) is 0. The minimum absolute atomic E-state index is 0.0225. The number of carbonyl (C=O) groups is 1. The van der Waals surface area contributed by atoms with Crippen molar-refractivity contribution in [1.29, 1.82) is 0 Å². The molecule has 3 saturated heterocycles. The predicted molar refractivity (Wildman–Crippen MR) is 103 cm³/mol. The lowest BCUT2D eigenvalue weighted by Crippen LogP contribution is -2.73. The van der Waals surface area contributed by atoms with Crippen LogP contribution in [0.3, 0.4) is 0 Å². The number of aliphatic hydroxyl groups excluding tert-OH is 1. The Morgan fingerprint density at radius 3 is 2.46 bits per heavy atom. The normalized spacial score (nSPS) is 47.7. The number of hydrogen-bond donors (Lipinski definition) is 1. The standard InChI is InChI=1S/C20H34O7Si/c1-12(21)24-16-15(22)20-13(27-28(6,7)17(2,3)4)8-9-19(11-23-19)18(20,5)10-14(25-16)26-20/h13-16,22H,8-11H2,1-7H3/t13-,14-,15-,16+,18-,19+,20-/m1/s1. The summed E-state index contributed by atoms with van der Waals surface area (Å²) in [5.74, 6) is -0.487. The number of rotatable bonds is 3. The van der Waals surface area contributed by atoms with E-state index in [1.54, 1.807) is 0 Å². The molecule has 8 heteroatoms. The molecule has 2 bridgehead atoms. The van der Waals surface area contributed by atoms with Gasteiger partial charge in [0.15, 0.2) is 14.6 Å². The molecule has 1 saturated carbocycles. The first-order valence-electron chi connectivity index (χ1n) is 10.3. The highest BCUT2D eigenvalue weighted by atomic mass is 28.4. The number of fused-ring (bicyclic) bond motifs is 2. The van der Waals surface area contributed by atoms with Gasteiger partial charge in [-0.3, -0.25) is 4.79 Å². The number of aliphatic hydroxyl groups is 1. The Balaban J connectivity index is 1.76. The van der Waals surface area contributed by atoms with Crippen molar-refractivity contribution < 1.29 is 33.3 Å². The largest absolute Gasteiger partial charge is 0.433 e. The van der Waals surface area contributed by atoms with Gasteiger partial charge in [-0.15, -0.1) is 0 Å². The molecule has 3 heterocycles. The zero-order valence-corrected chi connectivity index (χ0v) is 19.0. The van der Waals surface area contributed by atoms with Crippen molar-refractivity contribution in [2.45, 2.75) is 108 Å². The number of hydrogen-bond acceptors (Lipinski definition) is 7. The smallest absolute Gasteiger partial charge is 0.305 e. The number of carbonyl (C=O) groups excluding carboxylic acids is 1. The summed E-state index contributed by atoms with van der Waals surface area (Å²) in [5, 5.41) is 11.5. The van der Waals surface area contributed by atoms with Crippen LogP contribution in [0.1, 0.15) is 53.9 Å². The van der Waals surface area contributed by atoms with Gasteiger partial charge in [0.2, 0.25) is 6.29 Å². The third-order valence-electron chi connectivity index (χ3n) is 8.06. The Labute approximate surface area is 168 Å². The lowest BCUT2D eigenvalue weighted by molar-refractivity contribution is -0.369. The maximum absolute atomic E-state index is 11.6. The van der Waals surface area contributed by atoms with Crippen LogP contribution in [0.4, 0.5) is 0 Å². The van der Waals surface area contributed by atoms with E-state index in [0.717, 1.165) is 12.8 Å². The van der Waals surface area contributed by atoms with Crippen molar-refractivity contribution in [1.82, 2.24) is 0 Å². The van der Waals surface area contributed by atoms with Gasteiger partial charge in [-0.2, -0.15) is 0 Å². The van der Waals surface area contributed by atoms with E-state index in [9.17, 15) is 9.90 Å². The molecular formula is C20H34O7Si. The van der Waals surface area contributed by atoms with E-state index < -0.39 is 44.0 Å². The van der Waals surface area contributed by atoms with Crippen LogP contribution in [0, 0.1) is 5.41 Å². The second kappa shape index (κ2) is 6.01. The first-order valence-corrected chi connectivity index (χ1v) is 13.2. The van der Waals surface area contributed by atoms with Crippen molar-refractivity contribution in [2.24, 2.45) is 5.41 Å². The molecular weight excluding hydrogens is 380 g/mol. The van der Waals surface area contributed by atoms with Crippen LogP contribution in [-0.2, 0) is 28.2 Å². The Hall–Kier alpha value is -0.513. The second-order valence-electron chi connectivity index (χ2n) is 10.6. The van der Waals surface area contributed by atoms with Crippen LogP contribution in [0.2, 0.25) is 18.1 Å². The van der Waals surface area contributed by atoms with Gasteiger partial charge in [0.25, 0.3) is 0 Å². The quantitative estimate of drug-likeness (QED) is 0.432. The van der Waals surface area contributed by atoms with Gasteiger partial charge in [-0.25, -0.2) is 0 Å². The molecule has 0 aromatic heterocycles. The van der Waals surface area contributed by atoms with E-state index in [1.165, 1.54) is 6.92 Å². The SMILES string of the molecule is CC(=O)O[C@H]1O[C@H]2C[C@]3(C)[C@]4(CC[C@@H](O[Si](C)(C)C(C)(C)C)[C@@]3(O2)[C@@H]1O)CO4. The van der Waals surface area contributed by atoms with Crippen LogP contribution >= 0.6 is 0 Å². The van der Waals surface area contributed by atoms with Gasteiger partial charge >= 0.3 is 5.97 Å². The minimum atomic E-state index is -2.14. The van der Waals surface area contributed by atoms with Crippen molar-refractivity contribution in [2.75, 3.05) is 6.61 Å². The van der Waals surface area contributed by atoms with Crippen molar-refractivity contribution >= 4 is 14.3 Å². The van der Waals surface area contributed by atoms with Crippen molar-refractivity contribution in [3.05, 3.63) is 0 Å². The highest BCUT2D eigenvalue weighted by molar-refractivity contribution is 6.74. The molecule has 4 fully saturated rings. The molecule has 7 nitrogen and oxygen atoms in total. The second-order valence-corrected chi connectivity index (χ2v) is 15.4. The lowest BCUT2D eigenvalue weighted by Gasteiger charge is -2.58. The van der Waals surface area contributed by atoms with Gasteiger partial charge in [0, 0.05) is 18.8 Å². The molecule has 0 unspecified atom stereocenters. The molecule has 4 rings (SSSR count). The summed E-state index contributed by atoms with van der Waals surface area (Å²) in [7, 11) is -2.14. The molecule has 7 atom stereocenters. The van der Waals surface area contributed by atoms with Crippen LogP contribution in [0.5, 0.6) is 0 Å². The van der Waals surface area contributed by atoms with Crippen LogP contribution in [0.15, 0.2) is 0 Å². The summed E-state index contributed by atoms with van der Waals surface area (Å²) >= 11 is 0. The van der Waals surface area contributed by atoms with Crippen molar-refractivity contribution in [3.8, 4) is 0 Å². The first-order chi connectivity index (χ1) is 12.8. The fourth-order valence-corrected chi connectivity index (χ4v) is 6.64. The van der Waals surface area contributed by atoms with Crippen LogP contribution in [-0.4, -0.2) is 62.0 Å². The Morgan fingerprint density at radius 2 is 1.93 bits per heavy atom. The van der Waals surface area contributed by atoms with E-state index in [1.807, 2.05) is 0 Å². The highest BCUT2D eigenvalue weighted by Gasteiger charge is 2.81. The predicted octanol–water partition coefficient (Wildman–Crippen LogP) is 2.71. The molecule has 160 valence electrons. The van der Waals surface area contributed by atoms with E-state index >= 15 is 0 Å². The molecule has 0 amide bonds. The summed E-state index contributed by atoms with van der Waals surface area (Å²) in [6.45, 7) is 15.1. The maximum atomic E-state index is 11.6. The zero-order valence-electron chi connectivity index (χ0n) is 18.0. The van der Waals surface area contributed by atoms with Gasteiger partial charge in [-0.05, 0) is 31.0 Å². The molecule has 0 radical (unpaired) electrons. The third kappa shape index (κ3) is 2.61. The van der Waals surface area contributed by atoms with Gasteiger partial charge < -0.3 is 28.5 Å². The summed E-state index contributed by atoms with van der Waals surface area (Å²) in [5.41, 5.74) is -1.84. The molecule has 2 spiro atoms. The fourth-order valence-electron chi connectivity index (χ4n) is 5.28. The van der Waals surface area contributed by atoms with E-state index in [-0.39, 0.29) is 16.7 Å². The average Bonchev–Trinajstić information content (AvgIpc) is 3.27. The number of ether oxygens (including phenoxy) is 4. The molecule has 0 aromatic carbocycles. The summed E-state index contributed by atoms with van der Waals surface area (Å²) in [6.07, 6.45) is -0.880. The lowest BCUT2D eigenvalue weighted by atomic mass is 9.55. The highest BCUT2D eigenvalue weighted by Crippen LogP contribution is 2.69. The number of esters is 1. The number of epoxide rings is 1. The third-order valence-corrected chi connectivity index (χ3v) is 12.5. The molecule has 4 aliphatic rings. The average molecular weight is 415 g/mol. The molecule has 1 aliphatic carbocycles.